The van der Waals surface area contributed by atoms with Gasteiger partial charge in [0.25, 0.3) is 0 Å². The molecule has 1 amide bonds. The predicted octanol–water partition coefficient (Wildman–Crippen LogP) is 2.85. The highest BCUT2D eigenvalue weighted by Gasteiger charge is 2.42. The molecular weight excluding hydrogens is 473 g/mol. The Balaban J connectivity index is 1.14. The largest absolute Gasteiger partial charge is 0.485 e. The van der Waals surface area contributed by atoms with E-state index in [-0.39, 0.29) is 41.8 Å². The Morgan fingerprint density at radius 2 is 1.92 bits per heavy atom. The van der Waals surface area contributed by atoms with Crippen molar-refractivity contribution in [3.8, 4) is 5.75 Å². The van der Waals surface area contributed by atoms with E-state index in [0.717, 1.165) is 38.4 Å². The van der Waals surface area contributed by atoms with E-state index >= 15 is 0 Å². The third kappa shape index (κ3) is 5.99. The summed E-state index contributed by atoms with van der Waals surface area (Å²) in [5, 5.41) is 3.60. The van der Waals surface area contributed by atoms with Crippen LogP contribution < -0.4 is 10.1 Å². The lowest BCUT2D eigenvalue weighted by atomic mass is 10.0. The molecule has 0 bridgehead atoms. The van der Waals surface area contributed by atoms with Crippen LogP contribution in [0.25, 0.3) is 0 Å². The number of hydrogen-bond acceptors (Lipinski definition) is 6. The first kappa shape index (κ1) is 25.0. The summed E-state index contributed by atoms with van der Waals surface area (Å²) in [6.45, 7) is 4.54. The smallest absolute Gasteiger partial charge is 0.236 e. The molecule has 2 saturated heterocycles. The van der Waals surface area contributed by atoms with E-state index in [9.17, 15) is 18.0 Å². The van der Waals surface area contributed by atoms with Gasteiger partial charge in [0.05, 0.1) is 19.8 Å². The van der Waals surface area contributed by atoms with E-state index in [1.165, 1.54) is 18.3 Å². The first-order chi connectivity index (χ1) is 17.5. The number of carbonyl (C=O) groups is 1. The van der Waals surface area contributed by atoms with E-state index in [4.69, 9.17) is 9.47 Å². The average molecular weight is 505 g/mol. The molecule has 36 heavy (non-hydrogen) atoms. The maximum absolute atomic E-state index is 14.6. The van der Waals surface area contributed by atoms with Crippen molar-refractivity contribution in [1.82, 2.24) is 20.1 Å². The minimum Gasteiger partial charge on any atom is -0.485 e. The number of rotatable bonds is 8. The quantitative estimate of drug-likeness (QED) is 0.558. The Morgan fingerprint density at radius 3 is 2.67 bits per heavy atom. The normalized spacial score (nSPS) is 23.0. The van der Waals surface area contributed by atoms with Crippen LogP contribution in [0.3, 0.4) is 0 Å². The molecular formula is C26H31F3N4O3. The summed E-state index contributed by atoms with van der Waals surface area (Å²) in [6, 6.07) is 5.49. The number of halogens is 3. The first-order valence-corrected chi connectivity index (χ1v) is 12.5. The molecule has 2 atom stereocenters. The number of piperidine rings is 1. The van der Waals surface area contributed by atoms with Gasteiger partial charge in [-0.25, -0.2) is 13.8 Å². The molecule has 3 heterocycles. The number of hydrogen-bond donors (Lipinski definition) is 1. The van der Waals surface area contributed by atoms with Gasteiger partial charge in [-0.15, -0.1) is 0 Å². The van der Waals surface area contributed by atoms with Crippen molar-refractivity contribution in [2.45, 2.75) is 43.9 Å². The van der Waals surface area contributed by atoms with Crippen LogP contribution in [-0.2, 0) is 16.1 Å². The Hall–Kier alpha value is -2.69. The molecule has 194 valence electrons. The predicted molar refractivity (Wildman–Crippen MR) is 126 cm³/mol. The van der Waals surface area contributed by atoms with Crippen molar-refractivity contribution in [2.75, 3.05) is 45.9 Å². The summed E-state index contributed by atoms with van der Waals surface area (Å²) >= 11 is 0. The highest BCUT2D eigenvalue weighted by Crippen LogP contribution is 2.46. The zero-order valence-electron chi connectivity index (χ0n) is 20.1. The Bertz CT molecular complexity index is 1070. The Kier molecular flexibility index (Phi) is 7.73. The number of morpholine rings is 1. The van der Waals surface area contributed by atoms with Gasteiger partial charge >= 0.3 is 0 Å². The summed E-state index contributed by atoms with van der Waals surface area (Å²) in [7, 11) is 0. The van der Waals surface area contributed by atoms with E-state index in [1.54, 1.807) is 6.07 Å². The second-order valence-corrected chi connectivity index (χ2v) is 9.71. The number of amides is 1. The number of pyridine rings is 1. The van der Waals surface area contributed by atoms with Gasteiger partial charge in [0, 0.05) is 67.6 Å². The lowest BCUT2D eigenvalue weighted by molar-refractivity contribution is -0.134. The third-order valence-electron chi connectivity index (χ3n) is 7.20. The maximum Gasteiger partial charge on any atom is 0.236 e. The number of ether oxygens (including phenoxy) is 2. The molecule has 1 aromatic heterocycles. The molecule has 3 aliphatic rings. The molecule has 1 aliphatic carbocycles. The van der Waals surface area contributed by atoms with Gasteiger partial charge in [-0.05, 0) is 37.5 Å². The third-order valence-corrected chi connectivity index (χ3v) is 7.20. The maximum atomic E-state index is 14.6. The Labute approximate surface area is 208 Å². The lowest BCUT2D eigenvalue weighted by Gasteiger charge is -2.35. The van der Waals surface area contributed by atoms with Crippen LogP contribution in [0.1, 0.15) is 36.3 Å². The van der Waals surface area contributed by atoms with Gasteiger partial charge in [0.2, 0.25) is 11.9 Å². The topological polar surface area (TPSA) is 66.9 Å². The molecule has 0 spiro atoms. The minimum atomic E-state index is -0.799. The molecule has 2 unspecified atom stereocenters. The highest BCUT2D eigenvalue weighted by molar-refractivity contribution is 5.78. The summed E-state index contributed by atoms with van der Waals surface area (Å²) in [5.41, 5.74) is 0.653. The van der Waals surface area contributed by atoms with Gasteiger partial charge in [-0.3, -0.25) is 9.69 Å². The van der Waals surface area contributed by atoms with Crippen molar-refractivity contribution >= 4 is 5.91 Å². The van der Waals surface area contributed by atoms with Crippen molar-refractivity contribution in [3.05, 3.63) is 59.2 Å². The number of benzene rings is 1. The van der Waals surface area contributed by atoms with E-state index in [1.807, 2.05) is 4.90 Å². The SMILES string of the molecule is O=C(CN1CCOCC1)N1CCC(NC2CC2c2cc(F)cc(F)c2OCc2cccnc2F)CC1. The molecule has 1 aromatic carbocycles. The standard InChI is InChI=1S/C26H31F3N4O3/c27-18-12-21(25(22(28)13-18)36-16-17-2-1-5-30-26(17)29)20-14-23(20)31-19-3-6-33(7-4-19)24(34)15-32-8-10-35-11-9-32/h1-2,5,12-13,19-20,23,31H,3-4,6-11,14-16H2. The van der Waals surface area contributed by atoms with Gasteiger partial charge in [-0.2, -0.15) is 4.39 Å². The van der Waals surface area contributed by atoms with E-state index in [2.05, 4.69) is 15.2 Å². The van der Waals surface area contributed by atoms with Crippen molar-refractivity contribution in [1.29, 1.82) is 0 Å². The zero-order chi connectivity index (χ0) is 25.1. The van der Waals surface area contributed by atoms with Crippen molar-refractivity contribution < 1.29 is 27.4 Å². The fourth-order valence-corrected chi connectivity index (χ4v) is 5.06. The van der Waals surface area contributed by atoms with Crippen LogP contribution in [0.15, 0.2) is 30.5 Å². The summed E-state index contributed by atoms with van der Waals surface area (Å²) < 4.78 is 53.5. The molecule has 1 N–H and O–H groups in total. The molecule has 1 saturated carbocycles. The number of nitrogens with one attached hydrogen (secondary N) is 1. The monoisotopic (exact) mass is 504 g/mol. The van der Waals surface area contributed by atoms with Crippen LogP contribution in [0, 0.1) is 17.6 Å². The van der Waals surface area contributed by atoms with Gasteiger partial charge in [0.15, 0.2) is 11.6 Å². The van der Waals surface area contributed by atoms with Crippen LogP contribution in [0.4, 0.5) is 13.2 Å². The zero-order valence-corrected chi connectivity index (χ0v) is 20.1. The van der Waals surface area contributed by atoms with Crippen LogP contribution in [0.2, 0.25) is 0 Å². The van der Waals surface area contributed by atoms with Crippen LogP contribution >= 0.6 is 0 Å². The summed E-state index contributed by atoms with van der Waals surface area (Å²) in [4.78, 5) is 20.3. The second-order valence-electron chi connectivity index (χ2n) is 9.71. The van der Waals surface area contributed by atoms with Crippen LogP contribution in [0.5, 0.6) is 5.75 Å². The number of likely N-dealkylation sites (tertiary alicyclic amines) is 1. The molecule has 3 fully saturated rings. The summed E-state index contributed by atoms with van der Waals surface area (Å²) in [5.74, 6) is -2.13. The summed E-state index contributed by atoms with van der Waals surface area (Å²) in [6.07, 6.45) is 3.73. The first-order valence-electron chi connectivity index (χ1n) is 12.5. The minimum absolute atomic E-state index is 0.0440. The molecule has 2 aromatic rings. The Morgan fingerprint density at radius 1 is 1.14 bits per heavy atom. The van der Waals surface area contributed by atoms with Crippen LogP contribution in [-0.4, -0.2) is 78.7 Å². The molecule has 5 rings (SSSR count). The highest BCUT2D eigenvalue weighted by atomic mass is 19.1. The van der Waals surface area contributed by atoms with Crippen molar-refractivity contribution in [2.24, 2.45) is 0 Å². The van der Waals surface area contributed by atoms with Gasteiger partial charge in [0.1, 0.15) is 12.4 Å². The fraction of sp³-hybridized carbons (Fsp3) is 0.538. The number of nitrogens with zero attached hydrogens (tertiary/aromatic N) is 3. The molecule has 10 heteroatoms. The van der Waals surface area contributed by atoms with Gasteiger partial charge < -0.3 is 19.7 Å². The van der Waals surface area contributed by atoms with E-state index in [0.29, 0.717) is 38.4 Å². The number of carbonyl (C=O) groups excluding carboxylic acids is 1. The molecule has 2 aliphatic heterocycles. The average Bonchev–Trinajstić information content (AvgIpc) is 3.64. The number of aromatic nitrogens is 1. The van der Waals surface area contributed by atoms with Crippen molar-refractivity contribution in [3.63, 3.8) is 0 Å². The molecule has 7 nitrogen and oxygen atoms in total. The van der Waals surface area contributed by atoms with E-state index < -0.39 is 17.6 Å². The molecule has 0 radical (unpaired) electrons. The second kappa shape index (κ2) is 11.1. The van der Waals surface area contributed by atoms with Gasteiger partial charge in [-0.1, -0.05) is 0 Å². The lowest BCUT2D eigenvalue weighted by Crippen LogP contribution is -2.49. The fourth-order valence-electron chi connectivity index (χ4n) is 5.06.